The highest BCUT2D eigenvalue weighted by Gasteiger charge is 2.30. The van der Waals surface area contributed by atoms with Gasteiger partial charge in [-0.2, -0.15) is 0 Å². The summed E-state index contributed by atoms with van der Waals surface area (Å²) in [6.07, 6.45) is 0.924. The second kappa shape index (κ2) is 11.4. The number of pyridine rings is 1. The molecular formula is C31H32N2O5S. The number of carbonyl (C=O) groups is 3. The lowest BCUT2D eigenvalue weighted by Crippen LogP contribution is -2.23. The first-order valence-corrected chi connectivity index (χ1v) is 13.7. The van der Waals surface area contributed by atoms with Crippen molar-refractivity contribution in [3.63, 3.8) is 0 Å². The molecule has 0 aliphatic heterocycles. The summed E-state index contributed by atoms with van der Waals surface area (Å²) >= 11 is 0.999. The summed E-state index contributed by atoms with van der Waals surface area (Å²) in [7, 11) is 0. The maximum Gasteiger partial charge on any atom is 0.349 e. The summed E-state index contributed by atoms with van der Waals surface area (Å²) in [5.74, 6) is -1.61. The number of hydrogen-bond donors (Lipinski definition) is 1. The summed E-state index contributed by atoms with van der Waals surface area (Å²) < 4.78 is 10.8. The van der Waals surface area contributed by atoms with E-state index in [2.05, 4.69) is 12.2 Å². The quantitative estimate of drug-likeness (QED) is 0.247. The molecule has 2 aromatic heterocycles. The van der Waals surface area contributed by atoms with Crippen LogP contribution in [0.4, 0.5) is 5.00 Å². The van der Waals surface area contributed by atoms with Crippen LogP contribution >= 0.6 is 11.3 Å². The van der Waals surface area contributed by atoms with Gasteiger partial charge in [-0.25, -0.2) is 14.6 Å². The van der Waals surface area contributed by atoms with Gasteiger partial charge in [0.1, 0.15) is 15.5 Å². The van der Waals surface area contributed by atoms with Gasteiger partial charge in [0, 0.05) is 10.9 Å². The molecule has 1 N–H and O–H groups in total. The topological polar surface area (TPSA) is 94.6 Å². The lowest BCUT2D eigenvalue weighted by Gasteiger charge is -2.19. The number of nitrogens with zero attached hydrogens (tertiary/aromatic N) is 1. The Bertz CT molecular complexity index is 1550. The van der Waals surface area contributed by atoms with Crippen molar-refractivity contribution in [2.75, 3.05) is 11.9 Å². The van der Waals surface area contributed by atoms with E-state index in [9.17, 15) is 14.4 Å². The zero-order valence-electron chi connectivity index (χ0n) is 23.0. The zero-order valence-corrected chi connectivity index (χ0v) is 23.8. The Morgan fingerprint density at radius 2 is 1.67 bits per heavy atom. The van der Waals surface area contributed by atoms with E-state index < -0.39 is 23.4 Å². The first-order chi connectivity index (χ1) is 18.5. The molecule has 4 rings (SSSR count). The maximum absolute atomic E-state index is 13.8. The minimum Gasteiger partial charge on any atom is -0.462 e. The molecule has 0 radical (unpaired) electrons. The predicted molar refractivity (Wildman–Crippen MR) is 155 cm³/mol. The molecular weight excluding hydrogens is 512 g/mol. The molecule has 0 fully saturated rings. The zero-order chi connectivity index (χ0) is 28.3. The monoisotopic (exact) mass is 544 g/mol. The molecule has 0 saturated heterocycles. The SMILES string of the molecule is CCOC(=O)c1c(NC(=O)c2cc(-c3ccc(CC)cc3)nc3ccccc23)sc(C(=O)OC(C)(C)C)c1C. The predicted octanol–water partition coefficient (Wildman–Crippen LogP) is 7.22. The molecule has 202 valence electrons. The first kappa shape index (κ1) is 28.0. The Hall–Kier alpha value is -4.04. The Kier molecular flexibility index (Phi) is 8.16. The normalized spacial score (nSPS) is 11.3. The number of rotatable bonds is 7. The lowest BCUT2D eigenvalue weighted by atomic mass is 10.0. The number of hydrogen-bond acceptors (Lipinski definition) is 7. The van der Waals surface area contributed by atoms with E-state index >= 15 is 0 Å². The van der Waals surface area contributed by atoms with Crippen molar-refractivity contribution in [1.29, 1.82) is 0 Å². The van der Waals surface area contributed by atoms with Crippen molar-refractivity contribution in [1.82, 2.24) is 4.98 Å². The molecule has 0 atom stereocenters. The Labute approximate surface area is 232 Å². The average Bonchev–Trinajstić information content (AvgIpc) is 3.22. The Morgan fingerprint density at radius 3 is 2.31 bits per heavy atom. The molecule has 7 nitrogen and oxygen atoms in total. The molecule has 0 spiro atoms. The molecule has 39 heavy (non-hydrogen) atoms. The number of aryl methyl sites for hydroxylation is 1. The average molecular weight is 545 g/mol. The van der Waals surface area contributed by atoms with E-state index in [1.807, 2.05) is 48.5 Å². The molecule has 0 aliphatic carbocycles. The maximum atomic E-state index is 13.8. The van der Waals surface area contributed by atoms with Crippen molar-refractivity contribution in [2.24, 2.45) is 0 Å². The number of anilines is 1. The summed E-state index contributed by atoms with van der Waals surface area (Å²) in [5, 5.41) is 3.77. The number of amides is 1. The summed E-state index contributed by atoms with van der Waals surface area (Å²) in [6, 6.07) is 17.2. The first-order valence-electron chi connectivity index (χ1n) is 12.9. The number of benzene rings is 2. The van der Waals surface area contributed by atoms with Gasteiger partial charge in [0.05, 0.1) is 28.9 Å². The largest absolute Gasteiger partial charge is 0.462 e. The number of ether oxygens (including phenoxy) is 2. The molecule has 0 bridgehead atoms. The fourth-order valence-electron chi connectivity index (χ4n) is 4.16. The van der Waals surface area contributed by atoms with E-state index in [0.717, 1.165) is 23.3 Å². The van der Waals surface area contributed by atoms with Crippen LogP contribution in [0.1, 0.15) is 76.1 Å². The minimum atomic E-state index is -0.720. The number of fused-ring (bicyclic) bond motifs is 1. The molecule has 2 aromatic carbocycles. The van der Waals surface area contributed by atoms with Crippen LogP contribution in [0, 0.1) is 6.92 Å². The van der Waals surface area contributed by atoms with Crippen molar-refractivity contribution >= 4 is 45.1 Å². The number of thiophene rings is 1. The standard InChI is InChI=1S/C31H32N2O5S/c1-7-19-13-15-20(16-14-19)24-17-22(21-11-9-10-12-23(21)32-24)27(34)33-28-25(29(35)37-8-2)18(3)26(39-28)30(36)38-31(4,5)6/h9-17H,7-8H2,1-6H3,(H,33,34). The van der Waals surface area contributed by atoms with Crippen LogP contribution in [0.25, 0.3) is 22.2 Å². The lowest BCUT2D eigenvalue weighted by molar-refractivity contribution is 0.00744. The fraction of sp³-hybridized carbons (Fsp3) is 0.290. The van der Waals surface area contributed by atoms with Crippen LogP contribution in [0.2, 0.25) is 0 Å². The summed E-state index contributed by atoms with van der Waals surface area (Å²) in [5.41, 5.74) is 3.64. The van der Waals surface area contributed by atoms with E-state index in [-0.39, 0.29) is 22.0 Å². The number of para-hydroxylation sites is 1. The molecule has 0 aliphatic rings. The highest BCUT2D eigenvalue weighted by molar-refractivity contribution is 7.18. The number of carbonyl (C=O) groups excluding carboxylic acids is 3. The van der Waals surface area contributed by atoms with Gasteiger partial charge < -0.3 is 14.8 Å². The minimum absolute atomic E-state index is 0.143. The molecule has 1 amide bonds. The van der Waals surface area contributed by atoms with Crippen LogP contribution in [0.5, 0.6) is 0 Å². The number of nitrogens with one attached hydrogen (secondary N) is 1. The summed E-state index contributed by atoms with van der Waals surface area (Å²) in [4.78, 5) is 44.6. The van der Waals surface area contributed by atoms with Crippen LogP contribution in [-0.2, 0) is 15.9 Å². The van der Waals surface area contributed by atoms with Gasteiger partial charge in [-0.3, -0.25) is 4.79 Å². The third-order valence-electron chi connectivity index (χ3n) is 6.06. The van der Waals surface area contributed by atoms with Crippen molar-refractivity contribution < 1.29 is 23.9 Å². The molecule has 8 heteroatoms. The van der Waals surface area contributed by atoms with Crippen LogP contribution < -0.4 is 5.32 Å². The van der Waals surface area contributed by atoms with Gasteiger partial charge in [-0.15, -0.1) is 11.3 Å². The van der Waals surface area contributed by atoms with Gasteiger partial charge in [0.15, 0.2) is 0 Å². The highest BCUT2D eigenvalue weighted by atomic mass is 32.1. The second-order valence-electron chi connectivity index (χ2n) is 10.1. The van der Waals surface area contributed by atoms with Crippen molar-refractivity contribution in [3.05, 3.63) is 81.7 Å². The molecule has 2 heterocycles. The van der Waals surface area contributed by atoms with E-state index in [1.54, 1.807) is 40.7 Å². The third kappa shape index (κ3) is 6.17. The fourth-order valence-corrected chi connectivity index (χ4v) is 5.23. The van der Waals surface area contributed by atoms with Gasteiger partial charge >= 0.3 is 11.9 Å². The highest BCUT2D eigenvalue weighted by Crippen LogP contribution is 2.36. The van der Waals surface area contributed by atoms with Gasteiger partial charge in [0.25, 0.3) is 5.91 Å². The van der Waals surface area contributed by atoms with Gasteiger partial charge in [-0.05, 0) is 64.3 Å². The smallest absolute Gasteiger partial charge is 0.349 e. The molecule has 0 saturated carbocycles. The second-order valence-corrected chi connectivity index (χ2v) is 11.1. The summed E-state index contributed by atoms with van der Waals surface area (Å²) in [6.45, 7) is 10.9. The van der Waals surface area contributed by atoms with E-state index in [0.29, 0.717) is 27.7 Å². The van der Waals surface area contributed by atoms with E-state index in [1.165, 1.54) is 5.56 Å². The van der Waals surface area contributed by atoms with Gasteiger partial charge in [-0.1, -0.05) is 49.4 Å². The Morgan fingerprint density at radius 1 is 0.974 bits per heavy atom. The molecule has 0 unspecified atom stereocenters. The van der Waals surface area contributed by atoms with Crippen LogP contribution in [0.15, 0.2) is 54.6 Å². The Balaban J connectivity index is 1.78. The van der Waals surface area contributed by atoms with Crippen molar-refractivity contribution in [2.45, 2.75) is 53.6 Å². The van der Waals surface area contributed by atoms with Gasteiger partial charge in [0.2, 0.25) is 0 Å². The van der Waals surface area contributed by atoms with E-state index in [4.69, 9.17) is 14.5 Å². The number of esters is 2. The number of aromatic nitrogens is 1. The molecule has 4 aromatic rings. The van der Waals surface area contributed by atoms with Crippen molar-refractivity contribution in [3.8, 4) is 11.3 Å². The third-order valence-corrected chi connectivity index (χ3v) is 7.24. The van der Waals surface area contributed by atoms with Crippen LogP contribution in [-0.4, -0.2) is 35.0 Å². The van der Waals surface area contributed by atoms with Crippen LogP contribution in [0.3, 0.4) is 0 Å².